The lowest BCUT2D eigenvalue weighted by Gasteiger charge is -2.10. The van der Waals surface area contributed by atoms with Crippen LogP contribution in [0.4, 0.5) is 11.4 Å². The number of rotatable bonds is 9. The van der Waals surface area contributed by atoms with Gasteiger partial charge >= 0.3 is 5.69 Å². The minimum Gasteiger partial charge on any atom is -0.484 e. The zero-order valence-corrected chi connectivity index (χ0v) is 11.3. The number of nitrogens with one attached hydrogen (secondary N) is 1. The van der Waals surface area contributed by atoms with Gasteiger partial charge in [-0.05, 0) is 25.5 Å². The highest BCUT2D eigenvalue weighted by molar-refractivity contribution is 5.68. The van der Waals surface area contributed by atoms with Crippen LogP contribution in [0.1, 0.15) is 20.3 Å². The van der Waals surface area contributed by atoms with E-state index in [1.165, 1.54) is 0 Å². The van der Waals surface area contributed by atoms with Gasteiger partial charge in [-0.25, -0.2) is 0 Å². The molecule has 0 aromatic heterocycles. The number of nitro groups is 1. The molecule has 0 fully saturated rings. The van der Waals surface area contributed by atoms with Gasteiger partial charge in [0.1, 0.15) is 12.3 Å². The molecule has 0 aliphatic heterocycles. The molecule has 1 rings (SSSR count). The molecule has 1 aromatic rings. The van der Waals surface area contributed by atoms with Crippen molar-refractivity contribution in [3.63, 3.8) is 0 Å². The maximum absolute atomic E-state index is 11.1. The minimum atomic E-state index is -0.430. The second-order valence-corrected chi connectivity index (χ2v) is 3.90. The molecule has 0 heterocycles. The third-order valence-electron chi connectivity index (χ3n) is 2.38. The summed E-state index contributed by atoms with van der Waals surface area (Å²) in [6, 6.07) is 4.99. The van der Waals surface area contributed by atoms with E-state index in [1.807, 2.05) is 13.8 Å². The molecule has 1 N–H and O–H groups in total. The van der Waals surface area contributed by atoms with Crippen LogP contribution in [0.25, 0.3) is 0 Å². The van der Waals surface area contributed by atoms with Crippen LogP contribution in [0.2, 0.25) is 0 Å². The molecule has 0 amide bonds. The molecule has 0 unspecified atom stereocenters. The first-order chi connectivity index (χ1) is 9.20. The number of nitro benzene ring substituents is 1. The number of benzene rings is 1. The molecule has 6 heteroatoms. The topological polar surface area (TPSA) is 73.6 Å². The lowest BCUT2D eigenvalue weighted by molar-refractivity contribution is -0.385. The Morgan fingerprint density at radius 1 is 1.26 bits per heavy atom. The van der Waals surface area contributed by atoms with E-state index in [2.05, 4.69) is 5.32 Å². The second kappa shape index (κ2) is 8.31. The van der Waals surface area contributed by atoms with Crippen LogP contribution >= 0.6 is 0 Å². The zero-order chi connectivity index (χ0) is 14.1. The molecule has 1 aromatic carbocycles. The largest absolute Gasteiger partial charge is 0.484 e. The molecule has 0 aliphatic rings. The Hall–Kier alpha value is -1.82. The predicted molar refractivity (Wildman–Crippen MR) is 73.9 cm³/mol. The third kappa shape index (κ3) is 4.75. The average molecular weight is 268 g/mol. The number of ether oxygens (including phenoxy) is 2. The van der Waals surface area contributed by atoms with Gasteiger partial charge in [-0.3, -0.25) is 10.1 Å². The molecular weight excluding hydrogens is 248 g/mol. The number of hydrogen-bond donors (Lipinski definition) is 1. The number of para-hydroxylation sites is 1. The number of anilines is 1. The standard InChI is InChI=1S/C13H20N2O4/c1-3-8-18-9-10-19-12-7-5-6-11(14-4-2)13(12)15(16)17/h5-7,14H,3-4,8-10H2,1-2H3. The van der Waals surface area contributed by atoms with Crippen molar-refractivity contribution in [2.75, 3.05) is 31.7 Å². The molecule has 0 aliphatic carbocycles. The van der Waals surface area contributed by atoms with E-state index in [4.69, 9.17) is 9.47 Å². The lowest BCUT2D eigenvalue weighted by atomic mass is 10.2. The van der Waals surface area contributed by atoms with Gasteiger partial charge in [-0.2, -0.15) is 0 Å². The summed E-state index contributed by atoms with van der Waals surface area (Å²) in [5.74, 6) is 0.267. The normalized spacial score (nSPS) is 10.2. The molecule has 0 spiro atoms. The second-order valence-electron chi connectivity index (χ2n) is 3.90. The van der Waals surface area contributed by atoms with Crippen molar-refractivity contribution in [1.82, 2.24) is 0 Å². The van der Waals surface area contributed by atoms with Gasteiger partial charge in [0.15, 0.2) is 5.75 Å². The Morgan fingerprint density at radius 3 is 2.68 bits per heavy atom. The van der Waals surface area contributed by atoms with Crippen LogP contribution in [0, 0.1) is 10.1 Å². The Morgan fingerprint density at radius 2 is 2.05 bits per heavy atom. The highest BCUT2D eigenvalue weighted by Crippen LogP contribution is 2.34. The Labute approximate surface area is 112 Å². The van der Waals surface area contributed by atoms with E-state index in [1.54, 1.807) is 18.2 Å². The summed E-state index contributed by atoms with van der Waals surface area (Å²) in [7, 11) is 0. The van der Waals surface area contributed by atoms with E-state index in [0.29, 0.717) is 32.1 Å². The van der Waals surface area contributed by atoms with E-state index in [9.17, 15) is 10.1 Å². The molecule has 0 radical (unpaired) electrons. The van der Waals surface area contributed by atoms with Gasteiger partial charge in [0, 0.05) is 13.2 Å². The summed E-state index contributed by atoms with van der Waals surface area (Å²) in [5.41, 5.74) is 0.444. The third-order valence-corrected chi connectivity index (χ3v) is 2.38. The lowest BCUT2D eigenvalue weighted by Crippen LogP contribution is -2.09. The van der Waals surface area contributed by atoms with Crippen molar-refractivity contribution in [3.8, 4) is 5.75 Å². The first-order valence-corrected chi connectivity index (χ1v) is 6.42. The SMILES string of the molecule is CCCOCCOc1cccc(NCC)c1[N+](=O)[O-]. The summed E-state index contributed by atoms with van der Waals surface area (Å²) in [6.07, 6.45) is 0.941. The van der Waals surface area contributed by atoms with Crippen molar-refractivity contribution in [2.24, 2.45) is 0 Å². The zero-order valence-electron chi connectivity index (χ0n) is 11.3. The van der Waals surface area contributed by atoms with Crippen molar-refractivity contribution < 1.29 is 14.4 Å². The van der Waals surface area contributed by atoms with E-state index in [-0.39, 0.29) is 11.4 Å². The van der Waals surface area contributed by atoms with E-state index in [0.717, 1.165) is 6.42 Å². The summed E-state index contributed by atoms with van der Waals surface area (Å²) < 4.78 is 10.7. The first kappa shape index (κ1) is 15.2. The average Bonchev–Trinajstić information content (AvgIpc) is 2.38. The van der Waals surface area contributed by atoms with Gasteiger partial charge in [0.25, 0.3) is 0 Å². The van der Waals surface area contributed by atoms with Gasteiger partial charge in [-0.15, -0.1) is 0 Å². The quantitative estimate of drug-likeness (QED) is 0.423. The van der Waals surface area contributed by atoms with Crippen molar-refractivity contribution in [2.45, 2.75) is 20.3 Å². The maximum Gasteiger partial charge on any atom is 0.333 e. The summed E-state index contributed by atoms with van der Waals surface area (Å²) in [4.78, 5) is 10.7. The highest BCUT2D eigenvalue weighted by Gasteiger charge is 2.20. The predicted octanol–water partition coefficient (Wildman–Crippen LogP) is 2.83. The molecule has 6 nitrogen and oxygen atoms in total. The summed E-state index contributed by atoms with van der Waals surface area (Å²) >= 11 is 0. The Balaban J connectivity index is 2.70. The minimum absolute atomic E-state index is 0.0279. The fraction of sp³-hybridized carbons (Fsp3) is 0.538. The van der Waals surface area contributed by atoms with Crippen molar-refractivity contribution in [3.05, 3.63) is 28.3 Å². The van der Waals surface area contributed by atoms with Crippen LogP contribution in [-0.4, -0.2) is 31.3 Å². The summed E-state index contributed by atoms with van der Waals surface area (Å²) in [6.45, 7) is 5.92. The number of hydrogen-bond acceptors (Lipinski definition) is 5. The van der Waals surface area contributed by atoms with Crippen LogP contribution in [0.5, 0.6) is 5.75 Å². The summed E-state index contributed by atoms with van der Waals surface area (Å²) in [5, 5.41) is 14.1. The monoisotopic (exact) mass is 268 g/mol. The molecule has 0 saturated heterocycles. The number of nitrogens with zero attached hydrogens (tertiary/aromatic N) is 1. The molecule has 0 atom stereocenters. The van der Waals surface area contributed by atoms with Crippen LogP contribution < -0.4 is 10.1 Å². The van der Waals surface area contributed by atoms with Crippen molar-refractivity contribution >= 4 is 11.4 Å². The van der Waals surface area contributed by atoms with Crippen LogP contribution in [0.3, 0.4) is 0 Å². The van der Waals surface area contributed by atoms with Crippen molar-refractivity contribution in [1.29, 1.82) is 0 Å². The van der Waals surface area contributed by atoms with Gasteiger partial charge < -0.3 is 14.8 Å². The molecule has 0 saturated carbocycles. The fourth-order valence-corrected chi connectivity index (χ4v) is 1.62. The molecule has 0 bridgehead atoms. The van der Waals surface area contributed by atoms with Gasteiger partial charge in [0.2, 0.25) is 0 Å². The smallest absolute Gasteiger partial charge is 0.333 e. The molecular formula is C13H20N2O4. The van der Waals surface area contributed by atoms with E-state index < -0.39 is 4.92 Å². The van der Waals surface area contributed by atoms with Gasteiger partial charge in [0.05, 0.1) is 11.5 Å². The van der Waals surface area contributed by atoms with Crippen LogP contribution in [0.15, 0.2) is 18.2 Å². The molecule has 106 valence electrons. The molecule has 19 heavy (non-hydrogen) atoms. The fourth-order valence-electron chi connectivity index (χ4n) is 1.62. The van der Waals surface area contributed by atoms with Gasteiger partial charge in [-0.1, -0.05) is 13.0 Å². The first-order valence-electron chi connectivity index (χ1n) is 6.42. The highest BCUT2D eigenvalue weighted by atomic mass is 16.6. The van der Waals surface area contributed by atoms with Crippen LogP contribution in [-0.2, 0) is 4.74 Å². The Bertz CT molecular complexity index is 410. The van der Waals surface area contributed by atoms with E-state index >= 15 is 0 Å². The Kier molecular flexibility index (Phi) is 6.67. The maximum atomic E-state index is 11.1.